The standard InChI is InChI=1S/C13H17BrO2/c14-12-3-1-11(2-4-12)13(15)9-10-5-7-16-8-6-10/h1-4,10,13,15H,5-9H2. The Morgan fingerprint density at radius 2 is 1.88 bits per heavy atom. The Bertz CT molecular complexity index is 317. The Kier molecular flexibility index (Phi) is 4.38. The number of hydrogen-bond acceptors (Lipinski definition) is 2. The van der Waals surface area contributed by atoms with Gasteiger partial charge in [-0.2, -0.15) is 0 Å². The van der Waals surface area contributed by atoms with Crippen LogP contribution in [0.5, 0.6) is 0 Å². The number of benzene rings is 1. The first-order valence-electron chi connectivity index (χ1n) is 5.77. The first kappa shape index (κ1) is 12.1. The average Bonchev–Trinajstić information content (AvgIpc) is 2.31. The zero-order chi connectivity index (χ0) is 11.4. The van der Waals surface area contributed by atoms with Crippen molar-refractivity contribution < 1.29 is 9.84 Å². The maximum Gasteiger partial charge on any atom is 0.0792 e. The fraction of sp³-hybridized carbons (Fsp3) is 0.538. The van der Waals surface area contributed by atoms with Crippen molar-refractivity contribution in [3.05, 3.63) is 34.3 Å². The first-order valence-corrected chi connectivity index (χ1v) is 6.56. The molecule has 1 fully saturated rings. The van der Waals surface area contributed by atoms with E-state index >= 15 is 0 Å². The summed E-state index contributed by atoms with van der Waals surface area (Å²) in [6.07, 6.45) is 2.67. The first-order chi connectivity index (χ1) is 7.75. The second-order valence-electron chi connectivity index (χ2n) is 4.36. The van der Waals surface area contributed by atoms with Gasteiger partial charge in [-0.25, -0.2) is 0 Å². The van der Waals surface area contributed by atoms with Crippen LogP contribution in [0, 0.1) is 5.92 Å². The molecule has 1 aliphatic rings. The Hall–Kier alpha value is -0.380. The molecular formula is C13H17BrO2. The summed E-state index contributed by atoms with van der Waals surface area (Å²) >= 11 is 3.39. The Labute approximate surface area is 105 Å². The van der Waals surface area contributed by atoms with E-state index in [1.165, 1.54) is 0 Å². The maximum atomic E-state index is 10.1. The maximum absolute atomic E-state index is 10.1. The van der Waals surface area contributed by atoms with Crippen molar-refractivity contribution in [3.63, 3.8) is 0 Å². The zero-order valence-corrected chi connectivity index (χ0v) is 10.8. The molecule has 16 heavy (non-hydrogen) atoms. The predicted molar refractivity (Wildman–Crippen MR) is 67.3 cm³/mol. The molecule has 3 heteroatoms. The van der Waals surface area contributed by atoms with E-state index in [-0.39, 0.29) is 6.10 Å². The van der Waals surface area contributed by atoms with E-state index in [4.69, 9.17) is 4.74 Å². The van der Waals surface area contributed by atoms with Gasteiger partial charge >= 0.3 is 0 Å². The fourth-order valence-electron chi connectivity index (χ4n) is 2.12. The Morgan fingerprint density at radius 3 is 2.50 bits per heavy atom. The molecule has 1 atom stereocenters. The molecule has 2 rings (SSSR count). The van der Waals surface area contributed by atoms with Crippen LogP contribution >= 0.6 is 15.9 Å². The van der Waals surface area contributed by atoms with Crippen LogP contribution in [0.4, 0.5) is 0 Å². The van der Waals surface area contributed by atoms with Crippen molar-refractivity contribution in [3.8, 4) is 0 Å². The third-order valence-corrected chi connectivity index (χ3v) is 3.68. The molecule has 0 saturated carbocycles. The monoisotopic (exact) mass is 284 g/mol. The van der Waals surface area contributed by atoms with E-state index in [2.05, 4.69) is 15.9 Å². The van der Waals surface area contributed by atoms with Gasteiger partial charge in [-0.1, -0.05) is 28.1 Å². The average molecular weight is 285 g/mol. The molecule has 1 saturated heterocycles. The van der Waals surface area contributed by atoms with Gasteiger partial charge in [0.15, 0.2) is 0 Å². The third kappa shape index (κ3) is 3.30. The summed E-state index contributed by atoms with van der Waals surface area (Å²) in [6.45, 7) is 1.69. The van der Waals surface area contributed by atoms with Crippen LogP contribution in [0.3, 0.4) is 0 Å². The highest BCUT2D eigenvalue weighted by molar-refractivity contribution is 9.10. The largest absolute Gasteiger partial charge is 0.388 e. The van der Waals surface area contributed by atoms with Crippen LogP contribution < -0.4 is 0 Å². The summed E-state index contributed by atoms with van der Waals surface area (Å²) in [7, 11) is 0. The lowest BCUT2D eigenvalue weighted by Crippen LogP contribution is -2.18. The lowest BCUT2D eigenvalue weighted by molar-refractivity contribution is 0.0435. The number of aliphatic hydroxyl groups excluding tert-OH is 1. The second-order valence-corrected chi connectivity index (χ2v) is 5.27. The van der Waals surface area contributed by atoms with Crippen LogP contribution in [-0.4, -0.2) is 18.3 Å². The predicted octanol–water partition coefficient (Wildman–Crippen LogP) is 3.30. The summed E-state index contributed by atoms with van der Waals surface area (Å²) < 4.78 is 6.37. The molecule has 1 aliphatic heterocycles. The molecule has 0 amide bonds. The van der Waals surface area contributed by atoms with Gasteiger partial charge in [0, 0.05) is 17.7 Å². The second kappa shape index (κ2) is 5.80. The van der Waals surface area contributed by atoms with E-state index in [0.29, 0.717) is 5.92 Å². The van der Waals surface area contributed by atoms with Crippen LogP contribution in [0.2, 0.25) is 0 Å². The molecule has 1 unspecified atom stereocenters. The molecule has 88 valence electrons. The lowest BCUT2D eigenvalue weighted by atomic mass is 9.91. The van der Waals surface area contributed by atoms with Crippen molar-refractivity contribution in [1.82, 2.24) is 0 Å². The molecule has 0 aromatic heterocycles. The number of ether oxygens (including phenoxy) is 1. The Morgan fingerprint density at radius 1 is 1.25 bits per heavy atom. The van der Waals surface area contributed by atoms with E-state index in [9.17, 15) is 5.11 Å². The minimum Gasteiger partial charge on any atom is -0.388 e. The van der Waals surface area contributed by atoms with Crippen LogP contribution in [-0.2, 0) is 4.74 Å². The molecular weight excluding hydrogens is 268 g/mol. The van der Waals surface area contributed by atoms with Crippen molar-refractivity contribution in [2.45, 2.75) is 25.4 Å². The molecule has 0 aliphatic carbocycles. The van der Waals surface area contributed by atoms with Gasteiger partial charge in [0.25, 0.3) is 0 Å². The molecule has 0 spiro atoms. The molecule has 1 N–H and O–H groups in total. The normalized spacial score (nSPS) is 19.6. The van der Waals surface area contributed by atoms with E-state index in [1.54, 1.807) is 0 Å². The SMILES string of the molecule is OC(CC1CCOCC1)c1ccc(Br)cc1. The van der Waals surface area contributed by atoms with Gasteiger partial charge in [0.1, 0.15) is 0 Å². The summed E-state index contributed by atoms with van der Waals surface area (Å²) in [6, 6.07) is 7.91. The van der Waals surface area contributed by atoms with E-state index in [0.717, 1.165) is 42.5 Å². The minimum atomic E-state index is -0.337. The van der Waals surface area contributed by atoms with Gasteiger partial charge in [0.05, 0.1) is 6.10 Å². The van der Waals surface area contributed by atoms with Gasteiger partial charge in [-0.3, -0.25) is 0 Å². The molecule has 2 nitrogen and oxygen atoms in total. The summed E-state index contributed by atoms with van der Waals surface area (Å²) in [4.78, 5) is 0. The van der Waals surface area contributed by atoms with Crippen molar-refractivity contribution in [1.29, 1.82) is 0 Å². The molecule has 1 aromatic carbocycles. The fourth-order valence-corrected chi connectivity index (χ4v) is 2.38. The van der Waals surface area contributed by atoms with Crippen molar-refractivity contribution in [2.75, 3.05) is 13.2 Å². The van der Waals surface area contributed by atoms with E-state index in [1.807, 2.05) is 24.3 Å². The number of aliphatic hydroxyl groups is 1. The van der Waals surface area contributed by atoms with Gasteiger partial charge in [0.2, 0.25) is 0 Å². The highest BCUT2D eigenvalue weighted by Crippen LogP contribution is 2.28. The van der Waals surface area contributed by atoms with Crippen LogP contribution in [0.1, 0.15) is 30.9 Å². The Balaban J connectivity index is 1.91. The zero-order valence-electron chi connectivity index (χ0n) is 9.23. The van der Waals surface area contributed by atoms with Gasteiger partial charge in [-0.15, -0.1) is 0 Å². The summed E-state index contributed by atoms with van der Waals surface area (Å²) in [5.41, 5.74) is 1.01. The lowest BCUT2D eigenvalue weighted by Gasteiger charge is -2.24. The quantitative estimate of drug-likeness (QED) is 0.923. The topological polar surface area (TPSA) is 29.5 Å². The van der Waals surface area contributed by atoms with Crippen molar-refractivity contribution in [2.24, 2.45) is 5.92 Å². The number of hydrogen-bond donors (Lipinski definition) is 1. The van der Waals surface area contributed by atoms with Crippen LogP contribution in [0.25, 0.3) is 0 Å². The highest BCUT2D eigenvalue weighted by Gasteiger charge is 2.18. The molecule has 0 bridgehead atoms. The van der Waals surface area contributed by atoms with Gasteiger partial charge in [-0.05, 0) is 42.9 Å². The van der Waals surface area contributed by atoms with E-state index < -0.39 is 0 Å². The number of rotatable bonds is 3. The van der Waals surface area contributed by atoms with Crippen molar-refractivity contribution >= 4 is 15.9 Å². The minimum absolute atomic E-state index is 0.337. The molecule has 1 aromatic rings. The van der Waals surface area contributed by atoms with Crippen LogP contribution in [0.15, 0.2) is 28.7 Å². The third-order valence-electron chi connectivity index (χ3n) is 3.15. The molecule has 0 radical (unpaired) electrons. The highest BCUT2D eigenvalue weighted by atomic mass is 79.9. The van der Waals surface area contributed by atoms with Gasteiger partial charge < -0.3 is 9.84 Å². The summed E-state index contributed by atoms with van der Waals surface area (Å²) in [5.74, 6) is 0.604. The smallest absolute Gasteiger partial charge is 0.0792 e. The summed E-state index contributed by atoms with van der Waals surface area (Å²) in [5, 5.41) is 10.1. The molecule has 1 heterocycles. The number of halogens is 1.